The van der Waals surface area contributed by atoms with E-state index in [1.807, 2.05) is 19.3 Å². The van der Waals surface area contributed by atoms with Crippen molar-refractivity contribution in [1.29, 1.82) is 0 Å². The van der Waals surface area contributed by atoms with Crippen LogP contribution in [-0.4, -0.2) is 49.5 Å². The van der Waals surface area contributed by atoms with Gasteiger partial charge in [-0.2, -0.15) is 0 Å². The fourth-order valence-corrected chi connectivity index (χ4v) is 2.50. The summed E-state index contributed by atoms with van der Waals surface area (Å²) in [5, 5.41) is 12.0. The lowest BCUT2D eigenvalue weighted by molar-refractivity contribution is 0.0158. The average Bonchev–Trinajstić information content (AvgIpc) is 2.47. The van der Waals surface area contributed by atoms with Gasteiger partial charge in [-0.3, -0.25) is 0 Å². The van der Waals surface area contributed by atoms with Crippen LogP contribution in [-0.2, 0) is 11.3 Å². The van der Waals surface area contributed by atoms with Crippen molar-refractivity contribution in [2.75, 3.05) is 38.3 Å². The fourth-order valence-electron chi connectivity index (χ4n) is 2.50. The van der Waals surface area contributed by atoms with Crippen LogP contribution >= 0.6 is 0 Å². The lowest BCUT2D eigenvalue weighted by Crippen LogP contribution is -2.38. The van der Waals surface area contributed by atoms with E-state index in [9.17, 15) is 0 Å². The number of hydrogen-bond donors (Lipinski definition) is 2. The van der Waals surface area contributed by atoms with E-state index >= 15 is 0 Å². The van der Waals surface area contributed by atoms with Gasteiger partial charge in [-0.1, -0.05) is 6.07 Å². The van der Waals surface area contributed by atoms with Crippen molar-refractivity contribution in [2.45, 2.75) is 25.5 Å². The van der Waals surface area contributed by atoms with E-state index in [4.69, 9.17) is 9.84 Å². The van der Waals surface area contributed by atoms with E-state index < -0.39 is 0 Å². The quantitative estimate of drug-likeness (QED) is 0.796. The van der Waals surface area contributed by atoms with Crippen LogP contribution in [0.5, 0.6) is 0 Å². The van der Waals surface area contributed by atoms with Crippen LogP contribution in [0, 0.1) is 0 Å². The van der Waals surface area contributed by atoms with Gasteiger partial charge < -0.3 is 20.1 Å². The van der Waals surface area contributed by atoms with Crippen molar-refractivity contribution in [3.05, 3.63) is 23.9 Å². The summed E-state index contributed by atoms with van der Waals surface area (Å²) < 4.78 is 5.58. The second-order valence-corrected chi connectivity index (χ2v) is 4.80. The SMILES string of the molecule is CNCc1cccnc1N1CCC(OCCO)CC1. The highest BCUT2D eigenvalue weighted by molar-refractivity contribution is 5.47. The van der Waals surface area contributed by atoms with Gasteiger partial charge in [0, 0.05) is 31.4 Å². The highest BCUT2D eigenvalue weighted by Crippen LogP contribution is 2.22. The maximum atomic E-state index is 8.77. The molecule has 1 fully saturated rings. The molecule has 5 nitrogen and oxygen atoms in total. The summed E-state index contributed by atoms with van der Waals surface area (Å²) in [5.41, 5.74) is 1.24. The lowest BCUT2D eigenvalue weighted by Gasteiger charge is -2.33. The highest BCUT2D eigenvalue weighted by Gasteiger charge is 2.21. The Hall–Kier alpha value is -1.17. The third kappa shape index (κ3) is 3.89. The van der Waals surface area contributed by atoms with E-state index in [0.717, 1.165) is 38.3 Å². The Bertz CT molecular complexity index is 379. The minimum atomic E-state index is 0.104. The second kappa shape index (κ2) is 7.43. The Kier molecular flexibility index (Phi) is 5.57. The zero-order valence-electron chi connectivity index (χ0n) is 11.5. The van der Waals surface area contributed by atoms with Crippen LogP contribution in [0.25, 0.3) is 0 Å². The molecule has 19 heavy (non-hydrogen) atoms. The first kappa shape index (κ1) is 14.2. The molecular weight excluding hydrogens is 242 g/mol. The molecule has 0 saturated carbocycles. The smallest absolute Gasteiger partial charge is 0.133 e. The standard InChI is InChI=1S/C14H23N3O2/c1-15-11-12-3-2-6-16-14(12)17-7-4-13(5-8-17)19-10-9-18/h2-3,6,13,15,18H,4-5,7-11H2,1H3. The molecule has 1 aromatic rings. The molecule has 106 valence electrons. The van der Waals surface area contributed by atoms with Gasteiger partial charge in [-0.25, -0.2) is 4.98 Å². The van der Waals surface area contributed by atoms with Crippen LogP contribution in [0.1, 0.15) is 18.4 Å². The van der Waals surface area contributed by atoms with Crippen LogP contribution in [0.4, 0.5) is 5.82 Å². The van der Waals surface area contributed by atoms with Gasteiger partial charge in [0.1, 0.15) is 5.82 Å². The molecule has 0 radical (unpaired) electrons. The van der Waals surface area contributed by atoms with Gasteiger partial charge in [-0.05, 0) is 26.0 Å². The molecule has 1 aliphatic rings. The molecule has 1 saturated heterocycles. The van der Waals surface area contributed by atoms with Crippen molar-refractivity contribution < 1.29 is 9.84 Å². The van der Waals surface area contributed by atoms with Gasteiger partial charge in [0.15, 0.2) is 0 Å². The number of aliphatic hydroxyl groups is 1. The largest absolute Gasteiger partial charge is 0.394 e. The van der Waals surface area contributed by atoms with E-state index in [1.165, 1.54) is 5.56 Å². The number of piperidine rings is 1. The van der Waals surface area contributed by atoms with Gasteiger partial charge in [0.25, 0.3) is 0 Å². The topological polar surface area (TPSA) is 57.6 Å². The van der Waals surface area contributed by atoms with Crippen LogP contribution in [0.15, 0.2) is 18.3 Å². The minimum absolute atomic E-state index is 0.104. The monoisotopic (exact) mass is 265 g/mol. The maximum absolute atomic E-state index is 8.77. The third-order valence-electron chi connectivity index (χ3n) is 3.42. The number of rotatable bonds is 6. The number of hydrogen-bond acceptors (Lipinski definition) is 5. The predicted molar refractivity (Wildman–Crippen MR) is 75.3 cm³/mol. The van der Waals surface area contributed by atoms with Gasteiger partial charge in [0.05, 0.1) is 19.3 Å². The van der Waals surface area contributed by atoms with Crippen molar-refractivity contribution in [2.24, 2.45) is 0 Å². The lowest BCUT2D eigenvalue weighted by atomic mass is 10.1. The first-order valence-electron chi connectivity index (χ1n) is 6.91. The molecule has 1 aliphatic heterocycles. The number of ether oxygens (including phenoxy) is 1. The van der Waals surface area contributed by atoms with Crippen LogP contribution in [0.3, 0.4) is 0 Å². The van der Waals surface area contributed by atoms with Crippen molar-refractivity contribution in [3.8, 4) is 0 Å². The molecule has 1 aromatic heterocycles. The highest BCUT2D eigenvalue weighted by atomic mass is 16.5. The number of aliphatic hydroxyl groups excluding tert-OH is 1. The molecule has 2 rings (SSSR count). The average molecular weight is 265 g/mol. The summed E-state index contributed by atoms with van der Waals surface area (Å²) in [5.74, 6) is 1.08. The molecule has 2 N–H and O–H groups in total. The molecule has 0 unspecified atom stereocenters. The molecular formula is C14H23N3O2. The maximum Gasteiger partial charge on any atom is 0.133 e. The first-order valence-corrected chi connectivity index (χ1v) is 6.91. The third-order valence-corrected chi connectivity index (χ3v) is 3.42. The van der Waals surface area contributed by atoms with Crippen molar-refractivity contribution in [1.82, 2.24) is 10.3 Å². The number of nitrogens with one attached hydrogen (secondary N) is 1. The summed E-state index contributed by atoms with van der Waals surface area (Å²) in [6, 6.07) is 4.10. The number of pyridine rings is 1. The fraction of sp³-hybridized carbons (Fsp3) is 0.643. The van der Waals surface area contributed by atoms with E-state index in [2.05, 4.69) is 21.3 Å². The number of nitrogens with zero attached hydrogens (tertiary/aromatic N) is 2. The Morgan fingerprint density at radius 3 is 2.95 bits per heavy atom. The molecule has 0 bridgehead atoms. The summed E-state index contributed by atoms with van der Waals surface area (Å²) in [4.78, 5) is 6.84. The van der Waals surface area contributed by atoms with Crippen LogP contribution < -0.4 is 10.2 Å². The summed E-state index contributed by atoms with van der Waals surface area (Å²) in [6.45, 7) is 3.31. The summed E-state index contributed by atoms with van der Waals surface area (Å²) >= 11 is 0. The normalized spacial score (nSPS) is 16.8. The Labute approximate surface area is 114 Å². The molecule has 0 atom stereocenters. The van der Waals surface area contributed by atoms with E-state index in [0.29, 0.717) is 6.61 Å². The second-order valence-electron chi connectivity index (χ2n) is 4.80. The van der Waals surface area contributed by atoms with Crippen molar-refractivity contribution in [3.63, 3.8) is 0 Å². The van der Waals surface area contributed by atoms with Crippen LogP contribution in [0.2, 0.25) is 0 Å². The molecule has 0 spiro atoms. The Morgan fingerprint density at radius 1 is 1.47 bits per heavy atom. The van der Waals surface area contributed by atoms with Gasteiger partial charge in [0.2, 0.25) is 0 Å². The van der Waals surface area contributed by atoms with Gasteiger partial charge >= 0.3 is 0 Å². The molecule has 2 heterocycles. The molecule has 5 heteroatoms. The summed E-state index contributed by atoms with van der Waals surface area (Å²) in [6.07, 6.45) is 4.12. The minimum Gasteiger partial charge on any atom is -0.394 e. The molecule has 0 aromatic carbocycles. The summed E-state index contributed by atoms with van der Waals surface area (Å²) in [7, 11) is 1.95. The zero-order valence-corrected chi connectivity index (χ0v) is 11.5. The van der Waals surface area contributed by atoms with Gasteiger partial charge in [-0.15, -0.1) is 0 Å². The number of anilines is 1. The molecule has 0 amide bonds. The zero-order chi connectivity index (χ0) is 13.5. The number of aromatic nitrogens is 1. The van der Waals surface area contributed by atoms with Crippen molar-refractivity contribution >= 4 is 5.82 Å². The Balaban J connectivity index is 1.93. The molecule has 0 aliphatic carbocycles. The predicted octanol–water partition coefficient (Wildman–Crippen LogP) is 0.779. The Morgan fingerprint density at radius 2 is 2.26 bits per heavy atom. The first-order chi connectivity index (χ1) is 9.35. The van der Waals surface area contributed by atoms with E-state index in [1.54, 1.807) is 0 Å². The van der Waals surface area contributed by atoms with E-state index in [-0.39, 0.29) is 12.7 Å².